The highest BCUT2D eigenvalue weighted by atomic mass is 127. The van der Waals surface area contributed by atoms with Gasteiger partial charge in [-0.2, -0.15) is 0 Å². The van der Waals surface area contributed by atoms with Crippen molar-refractivity contribution in [2.75, 3.05) is 13.2 Å². The van der Waals surface area contributed by atoms with E-state index in [9.17, 15) is 13.2 Å². The third-order valence-corrected chi connectivity index (χ3v) is 4.06. The fraction of sp³-hybridized carbons (Fsp3) is 0.278. The molecule has 0 fully saturated rings. The average molecular weight is 477 g/mol. The number of hydrogen-bond donors (Lipinski definition) is 2. The van der Waals surface area contributed by atoms with Crippen LogP contribution in [0.1, 0.15) is 23.6 Å². The zero-order valence-electron chi connectivity index (χ0n) is 13.8. The Morgan fingerprint density at radius 1 is 1.15 bits per heavy atom. The van der Waals surface area contributed by atoms with Crippen molar-refractivity contribution in [3.63, 3.8) is 0 Å². The highest BCUT2D eigenvalue weighted by molar-refractivity contribution is 14.0. The van der Waals surface area contributed by atoms with E-state index in [2.05, 4.69) is 10.3 Å². The third-order valence-electron chi connectivity index (χ3n) is 4.06. The SMILES string of the molecule is I.NC(=NCCc1ccc(F)c(F)c1F)NC1CCOc2ccccc21. The molecule has 2 aromatic carbocycles. The number of ether oxygens (including phenoxy) is 1. The number of hydrogen-bond acceptors (Lipinski definition) is 2. The first kappa shape index (κ1) is 20.3. The molecule has 3 rings (SSSR count). The highest BCUT2D eigenvalue weighted by Gasteiger charge is 2.21. The number of rotatable bonds is 4. The molecule has 1 aliphatic heterocycles. The van der Waals surface area contributed by atoms with E-state index in [0.29, 0.717) is 6.61 Å². The van der Waals surface area contributed by atoms with E-state index in [-0.39, 0.29) is 54.5 Å². The quantitative estimate of drug-likeness (QED) is 0.306. The Labute approximate surface area is 166 Å². The van der Waals surface area contributed by atoms with Gasteiger partial charge in [0, 0.05) is 18.5 Å². The summed E-state index contributed by atoms with van der Waals surface area (Å²) in [4.78, 5) is 4.14. The predicted octanol–water partition coefficient (Wildman–Crippen LogP) is 3.69. The number of benzene rings is 2. The third kappa shape index (κ3) is 4.60. The smallest absolute Gasteiger partial charge is 0.194 e. The fourth-order valence-corrected chi connectivity index (χ4v) is 2.77. The average Bonchev–Trinajstić information content (AvgIpc) is 2.62. The predicted molar refractivity (Wildman–Crippen MR) is 104 cm³/mol. The molecule has 0 aromatic heterocycles. The molecule has 1 unspecified atom stereocenters. The summed E-state index contributed by atoms with van der Waals surface area (Å²) in [6, 6.07) is 9.75. The minimum absolute atomic E-state index is 0. The molecule has 2 aromatic rings. The van der Waals surface area contributed by atoms with Crippen molar-refractivity contribution in [1.82, 2.24) is 5.32 Å². The van der Waals surface area contributed by atoms with Crippen LogP contribution in [-0.2, 0) is 6.42 Å². The molecule has 0 amide bonds. The molecule has 8 heteroatoms. The van der Waals surface area contributed by atoms with Gasteiger partial charge in [-0.3, -0.25) is 4.99 Å². The number of nitrogens with zero attached hydrogens (tertiary/aromatic N) is 1. The molecule has 3 N–H and O–H groups in total. The summed E-state index contributed by atoms with van der Waals surface area (Å²) >= 11 is 0. The first-order chi connectivity index (χ1) is 12.1. The number of fused-ring (bicyclic) bond motifs is 1. The van der Waals surface area contributed by atoms with Crippen LogP contribution in [0.3, 0.4) is 0 Å². The van der Waals surface area contributed by atoms with Crippen LogP contribution < -0.4 is 15.8 Å². The van der Waals surface area contributed by atoms with E-state index in [4.69, 9.17) is 10.5 Å². The standard InChI is InChI=1S/C18H18F3N3O.HI/c19-13-6-5-11(16(20)17(13)21)7-9-23-18(22)24-14-8-10-25-15-4-2-1-3-12(14)15;/h1-6,14H,7-10H2,(H3,22,23,24);1H. The van der Waals surface area contributed by atoms with Gasteiger partial charge in [-0.25, -0.2) is 13.2 Å². The summed E-state index contributed by atoms with van der Waals surface area (Å²) in [6.07, 6.45) is 0.862. The van der Waals surface area contributed by atoms with Crippen molar-refractivity contribution < 1.29 is 17.9 Å². The second kappa shape index (κ2) is 9.11. The van der Waals surface area contributed by atoms with Gasteiger partial charge >= 0.3 is 0 Å². The van der Waals surface area contributed by atoms with Gasteiger partial charge in [-0.1, -0.05) is 24.3 Å². The molecule has 0 radical (unpaired) electrons. The monoisotopic (exact) mass is 477 g/mol. The molecular formula is C18H19F3IN3O. The van der Waals surface area contributed by atoms with E-state index in [1.807, 2.05) is 24.3 Å². The molecule has 4 nitrogen and oxygen atoms in total. The lowest BCUT2D eigenvalue weighted by atomic mass is 10.0. The number of para-hydroxylation sites is 1. The van der Waals surface area contributed by atoms with E-state index < -0.39 is 17.5 Å². The Hall–Kier alpha value is -1.97. The van der Waals surface area contributed by atoms with Gasteiger partial charge in [-0.05, 0) is 24.1 Å². The molecule has 0 bridgehead atoms. The zero-order chi connectivity index (χ0) is 17.8. The topological polar surface area (TPSA) is 59.6 Å². The van der Waals surface area contributed by atoms with Crippen LogP contribution >= 0.6 is 24.0 Å². The molecule has 0 saturated carbocycles. The van der Waals surface area contributed by atoms with Crippen molar-refractivity contribution in [3.05, 3.63) is 65.0 Å². The summed E-state index contributed by atoms with van der Waals surface area (Å²) in [5.41, 5.74) is 6.95. The minimum atomic E-state index is -1.47. The fourth-order valence-electron chi connectivity index (χ4n) is 2.77. The second-order valence-electron chi connectivity index (χ2n) is 5.72. The molecule has 1 heterocycles. The van der Waals surface area contributed by atoms with Crippen LogP contribution in [0.2, 0.25) is 0 Å². The summed E-state index contributed by atoms with van der Waals surface area (Å²) in [6.45, 7) is 0.730. The minimum Gasteiger partial charge on any atom is -0.493 e. The maximum absolute atomic E-state index is 13.6. The van der Waals surface area contributed by atoms with Gasteiger partial charge < -0.3 is 15.8 Å². The molecule has 140 valence electrons. The lowest BCUT2D eigenvalue weighted by Crippen LogP contribution is -2.37. The number of halogens is 4. The van der Waals surface area contributed by atoms with E-state index in [0.717, 1.165) is 23.8 Å². The summed E-state index contributed by atoms with van der Waals surface area (Å²) in [5.74, 6) is -2.83. The van der Waals surface area contributed by atoms with Gasteiger partial charge in [0.1, 0.15) is 5.75 Å². The lowest BCUT2D eigenvalue weighted by molar-refractivity contribution is 0.262. The van der Waals surface area contributed by atoms with Crippen molar-refractivity contribution >= 4 is 29.9 Å². The van der Waals surface area contributed by atoms with Crippen LogP contribution in [0.4, 0.5) is 13.2 Å². The molecule has 0 spiro atoms. The maximum atomic E-state index is 13.6. The normalized spacial score (nSPS) is 16.3. The lowest BCUT2D eigenvalue weighted by Gasteiger charge is -2.26. The van der Waals surface area contributed by atoms with Crippen molar-refractivity contribution in [2.24, 2.45) is 10.7 Å². The van der Waals surface area contributed by atoms with Gasteiger partial charge in [0.25, 0.3) is 0 Å². The Balaban J connectivity index is 0.00000243. The zero-order valence-corrected chi connectivity index (χ0v) is 16.2. The number of guanidine groups is 1. The van der Waals surface area contributed by atoms with Crippen LogP contribution in [0.15, 0.2) is 41.4 Å². The molecule has 1 atom stereocenters. The second-order valence-corrected chi connectivity index (χ2v) is 5.72. The first-order valence-corrected chi connectivity index (χ1v) is 7.97. The highest BCUT2D eigenvalue weighted by Crippen LogP contribution is 2.31. The Bertz CT molecular complexity index is 801. The summed E-state index contributed by atoms with van der Waals surface area (Å²) < 4.78 is 45.3. The van der Waals surface area contributed by atoms with Gasteiger partial charge in [0.15, 0.2) is 23.4 Å². The molecular weight excluding hydrogens is 458 g/mol. The first-order valence-electron chi connectivity index (χ1n) is 7.97. The maximum Gasteiger partial charge on any atom is 0.194 e. The molecule has 0 aliphatic carbocycles. The summed E-state index contributed by atoms with van der Waals surface area (Å²) in [5, 5.41) is 3.12. The van der Waals surface area contributed by atoms with Gasteiger partial charge in [0.2, 0.25) is 0 Å². The number of nitrogens with two attached hydrogens (primary N) is 1. The van der Waals surface area contributed by atoms with Gasteiger partial charge in [0.05, 0.1) is 12.6 Å². The number of nitrogens with one attached hydrogen (secondary N) is 1. The molecule has 26 heavy (non-hydrogen) atoms. The molecule has 1 aliphatic rings. The van der Waals surface area contributed by atoms with Crippen LogP contribution in [0.5, 0.6) is 5.75 Å². The van der Waals surface area contributed by atoms with E-state index in [1.54, 1.807) is 0 Å². The van der Waals surface area contributed by atoms with E-state index >= 15 is 0 Å². The Morgan fingerprint density at radius 2 is 1.92 bits per heavy atom. The molecule has 0 saturated heterocycles. The van der Waals surface area contributed by atoms with Crippen LogP contribution in [0.25, 0.3) is 0 Å². The Morgan fingerprint density at radius 3 is 2.73 bits per heavy atom. The van der Waals surface area contributed by atoms with Crippen LogP contribution in [0, 0.1) is 17.5 Å². The van der Waals surface area contributed by atoms with E-state index in [1.165, 1.54) is 6.07 Å². The van der Waals surface area contributed by atoms with Crippen molar-refractivity contribution in [3.8, 4) is 5.75 Å². The van der Waals surface area contributed by atoms with Crippen molar-refractivity contribution in [2.45, 2.75) is 18.9 Å². The largest absolute Gasteiger partial charge is 0.493 e. The number of aliphatic imine (C=N–C) groups is 1. The Kier molecular flexibility index (Phi) is 7.13. The van der Waals surface area contributed by atoms with Crippen molar-refractivity contribution in [1.29, 1.82) is 0 Å². The summed E-state index contributed by atoms with van der Waals surface area (Å²) in [7, 11) is 0. The van der Waals surface area contributed by atoms with Crippen LogP contribution in [-0.4, -0.2) is 19.1 Å². The van der Waals surface area contributed by atoms with Gasteiger partial charge in [-0.15, -0.1) is 24.0 Å².